The Bertz CT molecular complexity index is 1020. The molecule has 1 saturated heterocycles. The molecular weight excluding hydrogens is 378 g/mol. The van der Waals surface area contributed by atoms with E-state index in [0.717, 1.165) is 43.9 Å². The number of benzene rings is 1. The Hall–Kier alpha value is -3.16. The van der Waals surface area contributed by atoms with Gasteiger partial charge in [0.15, 0.2) is 0 Å². The third-order valence-corrected chi connectivity index (χ3v) is 6.07. The third kappa shape index (κ3) is 3.69. The highest BCUT2D eigenvalue weighted by molar-refractivity contribution is 5.74. The van der Waals surface area contributed by atoms with E-state index in [-0.39, 0.29) is 6.03 Å². The Kier molecular flexibility index (Phi) is 5.21. The van der Waals surface area contributed by atoms with Gasteiger partial charge < -0.3 is 15.1 Å². The first-order valence-corrected chi connectivity index (χ1v) is 10.8. The summed E-state index contributed by atoms with van der Waals surface area (Å²) in [5.74, 6) is 1.79. The number of amides is 2. The van der Waals surface area contributed by atoms with Gasteiger partial charge in [-0.2, -0.15) is 14.6 Å². The van der Waals surface area contributed by atoms with E-state index in [0.29, 0.717) is 25.4 Å². The molecule has 1 aliphatic heterocycles. The molecule has 3 heterocycles. The molecule has 0 spiro atoms. The fraction of sp³-hybridized carbons (Fsp3) is 0.455. The monoisotopic (exact) mass is 405 g/mol. The Morgan fingerprint density at radius 2 is 1.83 bits per heavy atom. The van der Waals surface area contributed by atoms with Crippen LogP contribution in [0, 0.1) is 0 Å². The van der Waals surface area contributed by atoms with E-state index in [1.54, 1.807) is 6.33 Å². The van der Waals surface area contributed by atoms with Crippen LogP contribution >= 0.6 is 0 Å². The van der Waals surface area contributed by atoms with Crippen LogP contribution in [-0.2, 0) is 19.3 Å². The minimum Gasteiger partial charge on any atom is -0.353 e. The molecular formula is C22H27N7O. The summed E-state index contributed by atoms with van der Waals surface area (Å²) in [6.07, 6.45) is 6.84. The Labute approximate surface area is 175 Å². The fourth-order valence-corrected chi connectivity index (χ4v) is 4.48. The van der Waals surface area contributed by atoms with Gasteiger partial charge in [-0.15, -0.1) is 0 Å². The number of urea groups is 1. The zero-order chi connectivity index (χ0) is 20.3. The van der Waals surface area contributed by atoms with Crippen molar-refractivity contribution in [2.24, 2.45) is 0 Å². The van der Waals surface area contributed by atoms with E-state index in [1.807, 2.05) is 27.6 Å². The molecule has 1 fully saturated rings. The highest BCUT2D eigenvalue weighted by atomic mass is 16.2. The molecule has 2 amide bonds. The molecule has 0 atom stereocenters. The van der Waals surface area contributed by atoms with Crippen LogP contribution < -0.4 is 10.2 Å². The van der Waals surface area contributed by atoms with Gasteiger partial charge in [0.25, 0.3) is 5.78 Å². The molecule has 8 heteroatoms. The predicted octanol–water partition coefficient (Wildman–Crippen LogP) is 2.08. The van der Waals surface area contributed by atoms with Gasteiger partial charge in [0.2, 0.25) is 0 Å². The van der Waals surface area contributed by atoms with Crippen molar-refractivity contribution in [2.45, 2.75) is 32.1 Å². The number of carbonyl (C=O) groups excluding carboxylic acids is 1. The Balaban J connectivity index is 1.23. The first kappa shape index (κ1) is 18.8. The van der Waals surface area contributed by atoms with Crippen molar-refractivity contribution in [1.82, 2.24) is 29.8 Å². The van der Waals surface area contributed by atoms with Crippen LogP contribution in [0.25, 0.3) is 5.78 Å². The summed E-state index contributed by atoms with van der Waals surface area (Å²) >= 11 is 0. The molecule has 3 aromatic rings. The van der Waals surface area contributed by atoms with Crippen molar-refractivity contribution in [2.75, 3.05) is 37.6 Å². The molecule has 0 radical (unpaired) electrons. The normalized spacial score (nSPS) is 16.5. The van der Waals surface area contributed by atoms with E-state index in [1.165, 1.54) is 24.0 Å². The number of aryl methyl sites for hydroxylation is 1. The smallest absolute Gasteiger partial charge is 0.317 e. The van der Waals surface area contributed by atoms with Gasteiger partial charge in [-0.25, -0.2) is 9.78 Å². The molecule has 5 rings (SSSR count). The van der Waals surface area contributed by atoms with Crippen LogP contribution in [0.5, 0.6) is 0 Å². The lowest BCUT2D eigenvalue weighted by molar-refractivity contribution is 0.194. The number of nitrogens with zero attached hydrogens (tertiary/aromatic N) is 6. The zero-order valence-corrected chi connectivity index (χ0v) is 17.1. The molecule has 2 aliphatic rings. The number of hydrogen-bond donors (Lipinski definition) is 1. The van der Waals surface area contributed by atoms with Crippen molar-refractivity contribution in [3.05, 3.63) is 53.5 Å². The first-order valence-electron chi connectivity index (χ1n) is 10.8. The molecule has 30 heavy (non-hydrogen) atoms. The van der Waals surface area contributed by atoms with Crippen LogP contribution in [0.15, 0.2) is 36.7 Å². The van der Waals surface area contributed by atoms with Gasteiger partial charge in [-0.1, -0.05) is 30.3 Å². The molecule has 1 aromatic carbocycles. The number of anilines is 1. The lowest BCUT2D eigenvalue weighted by Crippen LogP contribution is -2.52. The van der Waals surface area contributed by atoms with Crippen molar-refractivity contribution < 1.29 is 4.79 Å². The lowest BCUT2D eigenvalue weighted by Gasteiger charge is -2.37. The van der Waals surface area contributed by atoms with E-state index in [9.17, 15) is 4.79 Å². The summed E-state index contributed by atoms with van der Waals surface area (Å²) in [5, 5.41) is 7.50. The van der Waals surface area contributed by atoms with Crippen molar-refractivity contribution in [3.63, 3.8) is 0 Å². The van der Waals surface area contributed by atoms with Crippen molar-refractivity contribution >= 4 is 17.6 Å². The second kappa shape index (κ2) is 8.30. The minimum atomic E-state index is 0.0215. The average Bonchev–Trinajstić information content (AvgIpc) is 3.26. The maximum atomic E-state index is 12.6. The second-order valence-corrected chi connectivity index (χ2v) is 7.98. The lowest BCUT2D eigenvalue weighted by atomic mass is 9.96. The number of piperazine rings is 1. The largest absolute Gasteiger partial charge is 0.353 e. The van der Waals surface area contributed by atoms with Gasteiger partial charge >= 0.3 is 6.03 Å². The highest BCUT2D eigenvalue weighted by Gasteiger charge is 2.27. The van der Waals surface area contributed by atoms with Crippen LogP contribution in [0.4, 0.5) is 10.6 Å². The fourth-order valence-electron chi connectivity index (χ4n) is 4.48. The van der Waals surface area contributed by atoms with Crippen LogP contribution in [0.1, 0.15) is 29.7 Å². The van der Waals surface area contributed by atoms with Crippen LogP contribution in [0.2, 0.25) is 0 Å². The summed E-state index contributed by atoms with van der Waals surface area (Å²) in [4.78, 5) is 25.9. The second-order valence-electron chi connectivity index (χ2n) is 7.98. The summed E-state index contributed by atoms with van der Waals surface area (Å²) in [5.41, 5.74) is 3.71. The minimum absolute atomic E-state index is 0.0215. The number of fused-ring (bicyclic) bond motifs is 2. The van der Waals surface area contributed by atoms with E-state index < -0.39 is 0 Å². The van der Waals surface area contributed by atoms with E-state index in [2.05, 4.69) is 32.4 Å². The number of aromatic nitrogens is 4. The topological polar surface area (TPSA) is 78.7 Å². The molecule has 1 aliphatic carbocycles. The summed E-state index contributed by atoms with van der Waals surface area (Å²) < 4.78 is 1.87. The Morgan fingerprint density at radius 3 is 2.67 bits per heavy atom. The molecule has 156 valence electrons. The van der Waals surface area contributed by atoms with Crippen LogP contribution in [-0.4, -0.2) is 63.2 Å². The number of carbonyl (C=O) groups is 1. The zero-order valence-electron chi connectivity index (χ0n) is 17.1. The van der Waals surface area contributed by atoms with Gasteiger partial charge in [0, 0.05) is 38.3 Å². The average molecular weight is 406 g/mol. The van der Waals surface area contributed by atoms with Gasteiger partial charge in [-0.3, -0.25) is 0 Å². The van der Waals surface area contributed by atoms with Crippen molar-refractivity contribution in [3.8, 4) is 0 Å². The van der Waals surface area contributed by atoms with Gasteiger partial charge in [0.05, 0.1) is 5.69 Å². The maximum absolute atomic E-state index is 12.6. The van der Waals surface area contributed by atoms with Gasteiger partial charge in [0.1, 0.15) is 12.1 Å². The standard InChI is InChI=1S/C22H27N7O/c30-22(23-11-10-17-6-2-1-3-7-17)28-14-12-27(13-15-28)20-18-8-4-5-9-19(18)26-21-24-16-25-29(20)21/h1-3,6-7,16H,4-5,8-15H2,(H,23,30). The summed E-state index contributed by atoms with van der Waals surface area (Å²) in [6, 6.07) is 10.3. The Morgan fingerprint density at radius 1 is 1.03 bits per heavy atom. The first-order chi connectivity index (χ1) is 14.8. The van der Waals surface area contributed by atoms with Gasteiger partial charge in [-0.05, 0) is 37.7 Å². The summed E-state index contributed by atoms with van der Waals surface area (Å²) in [6.45, 7) is 3.63. The van der Waals surface area contributed by atoms with Crippen molar-refractivity contribution in [1.29, 1.82) is 0 Å². The van der Waals surface area contributed by atoms with E-state index >= 15 is 0 Å². The number of nitrogens with one attached hydrogen (secondary N) is 1. The number of rotatable bonds is 4. The number of hydrogen-bond acceptors (Lipinski definition) is 5. The molecule has 0 saturated carbocycles. The quantitative estimate of drug-likeness (QED) is 0.719. The third-order valence-electron chi connectivity index (χ3n) is 6.07. The molecule has 1 N–H and O–H groups in total. The van der Waals surface area contributed by atoms with E-state index in [4.69, 9.17) is 4.98 Å². The molecule has 0 bridgehead atoms. The van der Waals surface area contributed by atoms with Crippen LogP contribution in [0.3, 0.4) is 0 Å². The summed E-state index contributed by atoms with van der Waals surface area (Å²) in [7, 11) is 0. The predicted molar refractivity (Wildman–Crippen MR) is 115 cm³/mol. The molecule has 2 aromatic heterocycles. The molecule has 8 nitrogen and oxygen atoms in total. The SMILES string of the molecule is O=C(NCCc1ccccc1)N1CCN(c2c3c(nc4ncnn24)CCCC3)CC1. The maximum Gasteiger partial charge on any atom is 0.317 e. The molecule has 0 unspecified atom stereocenters. The highest BCUT2D eigenvalue weighted by Crippen LogP contribution is 2.30.